The highest BCUT2D eigenvalue weighted by atomic mass is 32.2. The zero-order valence-corrected chi connectivity index (χ0v) is 13.8. The van der Waals surface area contributed by atoms with E-state index in [0.717, 1.165) is 0 Å². The number of aliphatic carboxylic acids is 2. The molecule has 0 saturated heterocycles. The van der Waals surface area contributed by atoms with Crippen molar-refractivity contribution >= 4 is 28.0 Å². The predicted molar refractivity (Wildman–Crippen MR) is 85.2 cm³/mol. The summed E-state index contributed by atoms with van der Waals surface area (Å²) in [7, 11) is -4.17. The van der Waals surface area contributed by atoms with E-state index < -0.39 is 52.2 Å². The molecule has 0 aliphatic heterocycles. The Morgan fingerprint density at radius 3 is 2.04 bits per heavy atom. The van der Waals surface area contributed by atoms with E-state index in [1.54, 1.807) is 0 Å². The molecule has 0 aromatic heterocycles. The first-order chi connectivity index (χ1) is 11.5. The molecule has 0 aliphatic rings. The number of nitrogens with two attached hydrogens (primary N) is 1. The molecule has 0 heterocycles. The van der Waals surface area contributed by atoms with E-state index in [1.165, 1.54) is 24.3 Å². The minimum Gasteiger partial charge on any atom is -0.481 e. The van der Waals surface area contributed by atoms with Crippen LogP contribution in [0.3, 0.4) is 0 Å². The summed E-state index contributed by atoms with van der Waals surface area (Å²) in [6.07, 6.45) is -0.754. The lowest BCUT2D eigenvalue weighted by Crippen LogP contribution is -2.49. The molecule has 138 valence electrons. The maximum absolute atomic E-state index is 11.7. The predicted octanol–water partition coefficient (Wildman–Crippen LogP) is -1.01. The second-order valence-electron chi connectivity index (χ2n) is 5.35. The van der Waals surface area contributed by atoms with E-state index in [2.05, 4.69) is 5.32 Å². The SMILES string of the molecule is N[C@H](CC(=O)O)C(=O)N[C@@H](Cc1ccc(CS(=O)(=O)O)cc1)C(=O)O. The van der Waals surface area contributed by atoms with Crippen LogP contribution < -0.4 is 11.1 Å². The van der Waals surface area contributed by atoms with Crippen molar-refractivity contribution in [3.63, 3.8) is 0 Å². The average Bonchev–Trinajstić information content (AvgIpc) is 2.46. The standard InChI is InChI=1S/C14H18N2O8S/c15-10(6-12(17)18)13(19)16-11(14(20)21)5-8-1-3-9(4-2-8)7-25(22,23)24/h1-4,10-11H,5-7,15H2,(H,16,19)(H,17,18)(H,20,21)(H,22,23,24)/t10-,11+/m1/s1. The molecule has 2 atom stereocenters. The van der Waals surface area contributed by atoms with E-state index in [4.69, 9.17) is 15.4 Å². The molecule has 11 heteroatoms. The third-order valence-corrected chi connectivity index (χ3v) is 3.86. The van der Waals surface area contributed by atoms with Crippen molar-refractivity contribution in [3.05, 3.63) is 35.4 Å². The Kier molecular flexibility index (Phi) is 7.03. The van der Waals surface area contributed by atoms with Crippen LogP contribution in [0.2, 0.25) is 0 Å². The van der Waals surface area contributed by atoms with Gasteiger partial charge in [0.05, 0.1) is 12.5 Å². The second-order valence-corrected chi connectivity index (χ2v) is 6.80. The van der Waals surface area contributed by atoms with Crippen molar-refractivity contribution in [2.75, 3.05) is 0 Å². The highest BCUT2D eigenvalue weighted by molar-refractivity contribution is 7.85. The van der Waals surface area contributed by atoms with Gasteiger partial charge in [-0.1, -0.05) is 24.3 Å². The van der Waals surface area contributed by atoms with Crippen LogP contribution >= 0.6 is 0 Å². The number of hydrogen-bond acceptors (Lipinski definition) is 6. The molecule has 1 aromatic rings. The molecular weight excluding hydrogens is 356 g/mol. The summed E-state index contributed by atoms with van der Waals surface area (Å²) >= 11 is 0. The average molecular weight is 374 g/mol. The number of carboxylic acid groups (broad SMARTS) is 2. The number of nitrogens with one attached hydrogen (secondary N) is 1. The van der Waals surface area contributed by atoms with E-state index in [0.29, 0.717) is 11.1 Å². The zero-order chi connectivity index (χ0) is 19.2. The lowest BCUT2D eigenvalue weighted by molar-refractivity contribution is -0.142. The number of benzene rings is 1. The van der Waals surface area contributed by atoms with Gasteiger partial charge in [-0.3, -0.25) is 14.1 Å². The molecule has 25 heavy (non-hydrogen) atoms. The van der Waals surface area contributed by atoms with Crippen LogP contribution in [0.1, 0.15) is 17.5 Å². The van der Waals surface area contributed by atoms with Gasteiger partial charge in [-0.15, -0.1) is 0 Å². The number of hydrogen-bond donors (Lipinski definition) is 5. The number of carbonyl (C=O) groups is 3. The molecule has 1 aromatic carbocycles. The van der Waals surface area contributed by atoms with Crippen LogP contribution in [0, 0.1) is 0 Å². The van der Waals surface area contributed by atoms with Crippen molar-refractivity contribution in [3.8, 4) is 0 Å². The third kappa shape index (κ3) is 7.74. The fourth-order valence-corrected chi connectivity index (χ4v) is 2.59. The fourth-order valence-electron chi connectivity index (χ4n) is 1.98. The maximum atomic E-state index is 11.7. The molecule has 0 unspecified atom stereocenters. The molecule has 10 nitrogen and oxygen atoms in total. The Hall–Kier alpha value is -2.50. The molecular formula is C14H18N2O8S. The highest BCUT2D eigenvalue weighted by Crippen LogP contribution is 2.10. The Morgan fingerprint density at radius 1 is 1.08 bits per heavy atom. The van der Waals surface area contributed by atoms with Crippen LogP contribution in [0.5, 0.6) is 0 Å². The topological polar surface area (TPSA) is 184 Å². The van der Waals surface area contributed by atoms with Gasteiger partial charge in [-0.05, 0) is 11.1 Å². The first kappa shape index (κ1) is 20.5. The van der Waals surface area contributed by atoms with E-state index in [1.807, 2.05) is 0 Å². The Labute approximate surface area is 143 Å². The zero-order valence-electron chi connectivity index (χ0n) is 13.0. The monoisotopic (exact) mass is 374 g/mol. The summed E-state index contributed by atoms with van der Waals surface area (Å²) in [4.78, 5) is 33.5. The van der Waals surface area contributed by atoms with Gasteiger partial charge in [0.25, 0.3) is 10.1 Å². The summed E-state index contributed by atoms with van der Waals surface area (Å²) in [5.41, 5.74) is 6.17. The van der Waals surface area contributed by atoms with Crippen LogP contribution in [0.15, 0.2) is 24.3 Å². The van der Waals surface area contributed by atoms with Gasteiger partial charge in [-0.25, -0.2) is 4.79 Å². The van der Waals surface area contributed by atoms with Crippen molar-refractivity contribution in [1.29, 1.82) is 0 Å². The molecule has 0 radical (unpaired) electrons. The molecule has 6 N–H and O–H groups in total. The normalized spacial score (nSPS) is 13.7. The van der Waals surface area contributed by atoms with Gasteiger partial charge in [0, 0.05) is 6.42 Å². The molecule has 0 saturated carbocycles. The minimum atomic E-state index is -4.17. The highest BCUT2D eigenvalue weighted by Gasteiger charge is 2.24. The Balaban J connectivity index is 2.76. The van der Waals surface area contributed by atoms with Crippen molar-refractivity contribution in [2.24, 2.45) is 5.73 Å². The quantitative estimate of drug-likeness (QED) is 0.338. The van der Waals surface area contributed by atoms with Gasteiger partial charge < -0.3 is 21.3 Å². The number of carbonyl (C=O) groups excluding carboxylic acids is 1. The molecule has 0 aliphatic carbocycles. The van der Waals surface area contributed by atoms with Crippen LogP contribution in [-0.4, -0.2) is 53.1 Å². The van der Waals surface area contributed by atoms with Gasteiger partial charge in [0.2, 0.25) is 5.91 Å². The van der Waals surface area contributed by atoms with Gasteiger partial charge in [0.1, 0.15) is 11.8 Å². The minimum absolute atomic E-state index is 0.118. The summed E-state index contributed by atoms with van der Waals surface area (Å²) in [6.45, 7) is 0. The van der Waals surface area contributed by atoms with E-state index >= 15 is 0 Å². The summed E-state index contributed by atoms with van der Waals surface area (Å²) in [5, 5.41) is 19.9. The largest absolute Gasteiger partial charge is 0.481 e. The van der Waals surface area contributed by atoms with Crippen LogP contribution in [0.25, 0.3) is 0 Å². The van der Waals surface area contributed by atoms with E-state index in [9.17, 15) is 27.9 Å². The smallest absolute Gasteiger partial charge is 0.326 e. The summed E-state index contributed by atoms with van der Waals surface area (Å²) in [5.74, 6) is -4.10. The molecule has 0 fully saturated rings. The van der Waals surface area contributed by atoms with Crippen LogP contribution in [0.4, 0.5) is 0 Å². The first-order valence-electron chi connectivity index (χ1n) is 7.01. The van der Waals surface area contributed by atoms with Crippen LogP contribution in [-0.2, 0) is 36.7 Å². The van der Waals surface area contributed by atoms with Gasteiger partial charge >= 0.3 is 11.9 Å². The lowest BCUT2D eigenvalue weighted by Gasteiger charge is -2.17. The van der Waals surface area contributed by atoms with Crippen molar-refractivity contribution < 1.29 is 37.6 Å². The first-order valence-corrected chi connectivity index (χ1v) is 8.62. The molecule has 1 rings (SSSR count). The number of amides is 1. The maximum Gasteiger partial charge on any atom is 0.326 e. The van der Waals surface area contributed by atoms with Crippen molar-refractivity contribution in [2.45, 2.75) is 30.7 Å². The number of rotatable bonds is 9. The Bertz CT molecular complexity index is 745. The fraction of sp³-hybridized carbons (Fsp3) is 0.357. The molecule has 1 amide bonds. The molecule has 0 spiro atoms. The summed E-state index contributed by atoms with van der Waals surface area (Å²) in [6, 6.07) is 3.01. The van der Waals surface area contributed by atoms with Crippen molar-refractivity contribution in [1.82, 2.24) is 5.32 Å². The number of carboxylic acids is 2. The molecule has 0 bridgehead atoms. The Morgan fingerprint density at radius 2 is 1.60 bits per heavy atom. The second kappa shape index (κ2) is 8.55. The van der Waals surface area contributed by atoms with Gasteiger partial charge in [0.15, 0.2) is 0 Å². The lowest BCUT2D eigenvalue weighted by atomic mass is 10.0. The van der Waals surface area contributed by atoms with Gasteiger partial charge in [-0.2, -0.15) is 8.42 Å². The third-order valence-electron chi connectivity index (χ3n) is 3.16. The summed E-state index contributed by atoms with van der Waals surface area (Å²) < 4.78 is 30.3. The van der Waals surface area contributed by atoms with E-state index in [-0.39, 0.29) is 6.42 Å².